The highest BCUT2D eigenvalue weighted by atomic mass is 32.2. The number of hydrogen-bond donors (Lipinski definition) is 2. The van der Waals surface area contributed by atoms with Gasteiger partial charge in [-0.25, -0.2) is 8.42 Å². The maximum Gasteiger partial charge on any atom is 0.191 e. The normalized spacial score (nSPS) is 13.8. The Bertz CT molecular complexity index is 598. The second kappa shape index (κ2) is 10.3. The van der Waals surface area contributed by atoms with E-state index in [0.29, 0.717) is 19.0 Å². The molecule has 0 aliphatic carbocycles. The van der Waals surface area contributed by atoms with Gasteiger partial charge in [-0.15, -0.1) is 0 Å². The minimum absolute atomic E-state index is 0.0891. The van der Waals surface area contributed by atoms with Gasteiger partial charge in [0.2, 0.25) is 0 Å². The standard InChI is InChI=1S/C17H30N4O2S/c1-5-21(6-2)16(15-10-8-7-9-11-15)14-20-17(18-3)19-12-13-24(4,22)23/h7-11,16H,5-6,12-14H2,1-4H3,(H2,18,19,20). The number of rotatable bonds is 9. The highest BCUT2D eigenvalue weighted by Gasteiger charge is 2.18. The van der Waals surface area contributed by atoms with Gasteiger partial charge < -0.3 is 10.6 Å². The third-order valence-corrected chi connectivity index (χ3v) is 4.83. The molecule has 0 saturated carbocycles. The van der Waals surface area contributed by atoms with Crippen LogP contribution in [-0.4, -0.2) is 64.5 Å². The monoisotopic (exact) mass is 354 g/mol. The summed E-state index contributed by atoms with van der Waals surface area (Å²) in [6.45, 7) is 7.26. The zero-order valence-electron chi connectivity index (χ0n) is 15.1. The van der Waals surface area contributed by atoms with Crippen LogP contribution in [0.5, 0.6) is 0 Å². The van der Waals surface area contributed by atoms with Crippen LogP contribution in [0.2, 0.25) is 0 Å². The van der Waals surface area contributed by atoms with Crippen molar-refractivity contribution in [1.29, 1.82) is 0 Å². The van der Waals surface area contributed by atoms with Crippen molar-refractivity contribution < 1.29 is 8.42 Å². The average Bonchev–Trinajstić information content (AvgIpc) is 2.56. The van der Waals surface area contributed by atoms with E-state index in [1.54, 1.807) is 7.05 Å². The maximum absolute atomic E-state index is 11.2. The Morgan fingerprint density at radius 3 is 2.29 bits per heavy atom. The van der Waals surface area contributed by atoms with Gasteiger partial charge in [0.25, 0.3) is 0 Å². The van der Waals surface area contributed by atoms with Crippen molar-refractivity contribution in [3.63, 3.8) is 0 Å². The highest BCUT2D eigenvalue weighted by molar-refractivity contribution is 7.90. The van der Waals surface area contributed by atoms with Gasteiger partial charge in [-0.05, 0) is 18.7 Å². The Kier molecular flexibility index (Phi) is 8.78. The summed E-state index contributed by atoms with van der Waals surface area (Å²) in [6.07, 6.45) is 1.23. The highest BCUT2D eigenvalue weighted by Crippen LogP contribution is 2.19. The quantitative estimate of drug-likeness (QED) is 0.516. The maximum atomic E-state index is 11.2. The molecular weight excluding hydrogens is 324 g/mol. The van der Waals surface area contributed by atoms with Crippen LogP contribution in [-0.2, 0) is 9.84 Å². The van der Waals surface area contributed by atoms with E-state index in [1.165, 1.54) is 11.8 Å². The molecule has 0 aliphatic rings. The van der Waals surface area contributed by atoms with E-state index in [2.05, 4.69) is 46.5 Å². The lowest BCUT2D eigenvalue weighted by Crippen LogP contribution is -2.44. The Morgan fingerprint density at radius 2 is 1.79 bits per heavy atom. The Hall–Kier alpha value is -1.60. The number of aliphatic imine (C=N–C) groups is 1. The minimum Gasteiger partial charge on any atom is -0.355 e. The van der Waals surface area contributed by atoms with Gasteiger partial charge in [0, 0.05) is 26.4 Å². The van der Waals surface area contributed by atoms with E-state index in [4.69, 9.17) is 0 Å². The molecule has 1 unspecified atom stereocenters. The minimum atomic E-state index is -2.98. The van der Waals surface area contributed by atoms with Gasteiger partial charge in [0.05, 0.1) is 11.8 Å². The van der Waals surface area contributed by atoms with Crippen LogP contribution in [0.15, 0.2) is 35.3 Å². The number of nitrogens with one attached hydrogen (secondary N) is 2. The predicted molar refractivity (Wildman–Crippen MR) is 101 cm³/mol. The largest absolute Gasteiger partial charge is 0.355 e. The number of guanidine groups is 1. The van der Waals surface area contributed by atoms with E-state index < -0.39 is 9.84 Å². The molecule has 24 heavy (non-hydrogen) atoms. The second-order valence-corrected chi connectivity index (χ2v) is 7.92. The summed E-state index contributed by atoms with van der Waals surface area (Å²) in [6, 6.07) is 10.6. The zero-order chi connectivity index (χ0) is 18.0. The van der Waals surface area contributed by atoms with Gasteiger partial charge in [-0.3, -0.25) is 9.89 Å². The molecule has 0 saturated heterocycles. The van der Waals surface area contributed by atoms with Gasteiger partial charge in [-0.2, -0.15) is 0 Å². The smallest absolute Gasteiger partial charge is 0.191 e. The summed E-state index contributed by atoms with van der Waals surface area (Å²) in [5.41, 5.74) is 1.25. The van der Waals surface area contributed by atoms with Crippen LogP contribution in [0.1, 0.15) is 25.5 Å². The summed E-state index contributed by atoms with van der Waals surface area (Å²) in [4.78, 5) is 6.55. The van der Waals surface area contributed by atoms with Crippen LogP contribution < -0.4 is 10.6 Å². The summed E-state index contributed by atoms with van der Waals surface area (Å²) in [7, 11) is -1.29. The van der Waals surface area contributed by atoms with Crippen LogP contribution in [0, 0.1) is 0 Å². The van der Waals surface area contributed by atoms with E-state index in [0.717, 1.165) is 13.1 Å². The number of sulfone groups is 1. The summed E-state index contributed by atoms with van der Waals surface area (Å²) in [5, 5.41) is 6.35. The lowest BCUT2D eigenvalue weighted by atomic mass is 10.1. The Balaban J connectivity index is 2.69. The van der Waals surface area contributed by atoms with Gasteiger partial charge >= 0.3 is 0 Å². The van der Waals surface area contributed by atoms with E-state index in [1.807, 2.05) is 18.2 Å². The lowest BCUT2D eigenvalue weighted by molar-refractivity contribution is 0.219. The molecule has 1 rings (SSSR count). The molecule has 136 valence electrons. The molecule has 0 aromatic heterocycles. The molecule has 0 amide bonds. The molecule has 6 nitrogen and oxygen atoms in total. The molecule has 1 aromatic rings. The molecule has 1 aromatic carbocycles. The van der Waals surface area contributed by atoms with Crippen molar-refractivity contribution >= 4 is 15.8 Å². The predicted octanol–water partition coefficient (Wildman–Crippen LogP) is 1.28. The molecule has 7 heteroatoms. The first-order chi connectivity index (χ1) is 11.4. The number of likely N-dealkylation sites (N-methyl/N-ethyl adjacent to an activating group) is 1. The van der Waals surface area contributed by atoms with Crippen molar-refractivity contribution in [1.82, 2.24) is 15.5 Å². The van der Waals surface area contributed by atoms with Crippen molar-refractivity contribution in [2.75, 3.05) is 45.2 Å². The second-order valence-electron chi connectivity index (χ2n) is 5.66. The van der Waals surface area contributed by atoms with Crippen LogP contribution in [0.25, 0.3) is 0 Å². The summed E-state index contributed by atoms with van der Waals surface area (Å²) < 4.78 is 22.4. The molecule has 0 heterocycles. The molecule has 0 radical (unpaired) electrons. The van der Waals surface area contributed by atoms with Crippen molar-refractivity contribution in [3.05, 3.63) is 35.9 Å². The SMILES string of the molecule is CCN(CC)C(CNC(=NC)NCCS(C)(=O)=O)c1ccccc1. The van der Waals surface area contributed by atoms with Crippen LogP contribution in [0.3, 0.4) is 0 Å². The molecular formula is C17H30N4O2S. The third kappa shape index (κ3) is 7.31. The summed E-state index contributed by atoms with van der Waals surface area (Å²) >= 11 is 0. The van der Waals surface area contributed by atoms with Crippen molar-refractivity contribution in [2.24, 2.45) is 4.99 Å². The van der Waals surface area contributed by atoms with Crippen LogP contribution >= 0.6 is 0 Å². The average molecular weight is 355 g/mol. The third-order valence-electron chi connectivity index (χ3n) is 3.89. The molecule has 2 N–H and O–H groups in total. The van der Waals surface area contributed by atoms with Crippen LogP contribution in [0.4, 0.5) is 0 Å². The number of nitrogens with zero attached hydrogens (tertiary/aromatic N) is 2. The Morgan fingerprint density at radius 1 is 1.17 bits per heavy atom. The topological polar surface area (TPSA) is 73.8 Å². The first-order valence-electron chi connectivity index (χ1n) is 8.32. The molecule has 0 spiro atoms. The lowest BCUT2D eigenvalue weighted by Gasteiger charge is -2.30. The number of benzene rings is 1. The van der Waals surface area contributed by atoms with Crippen molar-refractivity contribution in [2.45, 2.75) is 19.9 Å². The van der Waals surface area contributed by atoms with E-state index in [9.17, 15) is 8.42 Å². The first kappa shape index (κ1) is 20.4. The Labute approximate surface area is 146 Å². The fourth-order valence-corrected chi connectivity index (χ4v) is 3.04. The molecule has 0 aliphatic heterocycles. The molecule has 1 atom stereocenters. The fourth-order valence-electron chi connectivity index (χ4n) is 2.57. The van der Waals surface area contributed by atoms with Gasteiger partial charge in [-0.1, -0.05) is 44.2 Å². The van der Waals surface area contributed by atoms with E-state index in [-0.39, 0.29) is 11.8 Å². The first-order valence-corrected chi connectivity index (χ1v) is 10.4. The zero-order valence-corrected chi connectivity index (χ0v) is 15.9. The molecule has 0 bridgehead atoms. The number of hydrogen-bond acceptors (Lipinski definition) is 4. The molecule has 0 fully saturated rings. The summed E-state index contributed by atoms with van der Waals surface area (Å²) in [5.74, 6) is 0.706. The van der Waals surface area contributed by atoms with Gasteiger partial charge in [0.1, 0.15) is 9.84 Å². The fraction of sp³-hybridized carbons (Fsp3) is 0.588. The van der Waals surface area contributed by atoms with Gasteiger partial charge in [0.15, 0.2) is 5.96 Å². The van der Waals surface area contributed by atoms with Crippen molar-refractivity contribution in [3.8, 4) is 0 Å². The van der Waals surface area contributed by atoms with E-state index >= 15 is 0 Å².